The molecule has 2 aliphatic rings. The highest BCUT2D eigenvalue weighted by Gasteiger charge is 2.58. The summed E-state index contributed by atoms with van der Waals surface area (Å²) < 4.78 is 1.36. The molecule has 2 aromatic rings. The fraction of sp³-hybridized carbons (Fsp3) is 0.556. The maximum atomic E-state index is 13.5. The van der Waals surface area contributed by atoms with Crippen LogP contribution in [0.3, 0.4) is 0 Å². The molecule has 1 spiro atoms. The van der Waals surface area contributed by atoms with Crippen LogP contribution in [0, 0.1) is 22.5 Å². The molecule has 1 aliphatic carbocycles. The predicted octanol–water partition coefficient (Wildman–Crippen LogP) is 2.90. The molecular formula is C18H24ClN5O3S. The number of aromatic nitrogens is 2. The predicted molar refractivity (Wildman–Crippen MR) is 109 cm³/mol. The van der Waals surface area contributed by atoms with Gasteiger partial charge in [0.2, 0.25) is 5.69 Å². The number of nitrogens with one attached hydrogen (secondary N) is 1. The summed E-state index contributed by atoms with van der Waals surface area (Å²) in [7, 11) is 1.60. The van der Waals surface area contributed by atoms with Gasteiger partial charge in [0, 0.05) is 19.6 Å². The number of rotatable bonds is 5. The minimum absolute atomic E-state index is 0. The molecule has 1 N–H and O–H groups in total. The van der Waals surface area contributed by atoms with E-state index < -0.39 is 4.92 Å². The van der Waals surface area contributed by atoms with Gasteiger partial charge >= 0.3 is 5.69 Å². The number of amides is 1. The van der Waals surface area contributed by atoms with E-state index in [0.29, 0.717) is 6.54 Å². The standard InChI is InChI=1S/C18H23N5O3S.ClH/c1-12-15(23(25)26)16(21(2)20-12)17(24)22(10-13-3-8-27-11-13)14-9-18(14)4-6-19-7-5-18;/h3,8,11,14,19H,4-7,9-10H2,1-2H3;1H. The Morgan fingerprint density at radius 1 is 1.50 bits per heavy atom. The highest BCUT2D eigenvalue weighted by Crippen LogP contribution is 2.56. The number of carbonyl (C=O) groups is 1. The zero-order valence-electron chi connectivity index (χ0n) is 15.9. The summed E-state index contributed by atoms with van der Waals surface area (Å²) in [5, 5.41) is 23.1. The fourth-order valence-corrected chi connectivity index (χ4v) is 5.03. The lowest BCUT2D eigenvalue weighted by molar-refractivity contribution is -0.385. The zero-order valence-corrected chi connectivity index (χ0v) is 17.5. The molecular weight excluding hydrogens is 402 g/mol. The van der Waals surface area contributed by atoms with E-state index in [1.165, 1.54) is 4.68 Å². The summed E-state index contributed by atoms with van der Waals surface area (Å²) in [5.74, 6) is -0.295. The Bertz CT molecular complexity index is 876. The molecule has 1 saturated heterocycles. The summed E-state index contributed by atoms with van der Waals surface area (Å²) in [5.41, 5.74) is 1.38. The number of thiophene rings is 1. The fourth-order valence-electron chi connectivity index (χ4n) is 4.37. The Balaban J connectivity index is 0.00000225. The van der Waals surface area contributed by atoms with E-state index in [1.807, 2.05) is 21.7 Å². The van der Waals surface area contributed by atoms with Gasteiger partial charge in [0.1, 0.15) is 5.69 Å². The second kappa shape index (κ2) is 7.81. The van der Waals surface area contributed by atoms with Crippen LogP contribution in [-0.4, -0.2) is 44.6 Å². The van der Waals surface area contributed by atoms with Crippen molar-refractivity contribution in [1.29, 1.82) is 0 Å². The lowest BCUT2D eigenvalue weighted by Gasteiger charge is -2.29. The third-order valence-electron chi connectivity index (χ3n) is 5.89. The summed E-state index contributed by atoms with van der Waals surface area (Å²) in [6.45, 7) is 3.97. The van der Waals surface area contributed by atoms with Gasteiger partial charge in [-0.1, -0.05) is 0 Å². The number of hydrogen-bond donors (Lipinski definition) is 1. The van der Waals surface area contributed by atoms with Crippen LogP contribution < -0.4 is 5.32 Å². The van der Waals surface area contributed by atoms with Gasteiger partial charge in [-0.05, 0) is 67.1 Å². The van der Waals surface area contributed by atoms with Crippen LogP contribution >= 0.6 is 23.7 Å². The molecule has 152 valence electrons. The normalized spacial score (nSPS) is 19.9. The molecule has 2 fully saturated rings. The molecule has 2 aromatic heterocycles. The summed E-state index contributed by atoms with van der Waals surface area (Å²) in [6.07, 6.45) is 3.05. The van der Waals surface area contributed by atoms with Gasteiger partial charge in [0.05, 0.1) is 4.92 Å². The number of nitro groups is 1. The van der Waals surface area contributed by atoms with E-state index in [0.717, 1.165) is 37.9 Å². The SMILES string of the molecule is Cc1nn(C)c(C(=O)N(Cc2ccsc2)C2CC23CCNCC3)c1[N+](=O)[O-].Cl. The third kappa shape index (κ3) is 3.54. The topological polar surface area (TPSA) is 93.3 Å². The van der Waals surface area contributed by atoms with Crippen molar-refractivity contribution >= 4 is 35.3 Å². The average Bonchev–Trinajstić information content (AvgIpc) is 2.98. The third-order valence-corrected chi connectivity index (χ3v) is 6.62. The highest BCUT2D eigenvalue weighted by molar-refractivity contribution is 7.07. The number of aryl methyl sites for hydroxylation is 2. The lowest BCUT2D eigenvalue weighted by atomic mass is 9.93. The molecule has 0 bridgehead atoms. The Morgan fingerprint density at radius 3 is 2.82 bits per heavy atom. The maximum absolute atomic E-state index is 13.5. The largest absolute Gasteiger partial charge is 0.329 e. The molecule has 1 atom stereocenters. The van der Waals surface area contributed by atoms with Gasteiger partial charge in [-0.25, -0.2) is 0 Å². The van der Waals surface area contributed by atoms with Crippen molar-refractivity contribution < 1.29 is 9.72 Å². The molecule has 0 radical (unpaired) electrons. The smallest absolute Gasteiger partial charge is 0.322 e. The average molecular weight is 426 g/mol. The molecule has 8 nitrogen and oxygen atoms in total. The Hall–Kier alpha value is -1.97. The summed E-state index contributed by atoms with van der Waals surface area (Å²) in [6, 6.07) is 2.13. The van der Waals surface area contributed by atoms with Crippen LogP contribution in [0.15, 0.2) is 16.8 Å². The van der Waals surface area contributed by atoms with E-state index in [1.54, 1.807) is 25.3 Å². The molecule has 1 amide bonds. The molecule has 3 heterocycles. The van der Waals surface area contributed by atoms with Crippen LogP contribution in [0.25, 0.3) is 0 Å². The summed E-state index contributed by atoms with van der Waals surface area (Å²) in [4.78, 5) is 26.4. The highest BCUT2D eigenvalue weighted by atomic mass is 35.5. The molecule has 1 unspecified atom stereocenters. The van der Waals surface area contributed by atoms with E-state index >= 15 is 0 Å². The quantitative estimate of drug-likeness (QED) is 0.587. The molecule has 10 heteroatoms. The first-order valence-corrected chi connectivity index (χ1v) is 10.1. The van der Waals surface area contributed by atoms with Crippen LogP contribution in [0.5, 0.6) is 0 Å². The Morgan fingerprint density at radius 2 is 2.21 bits per heavy atom. The second-order valence-electron chi connectivity index (χ2n) is 7.56. The number of nitrogens with zero attached hydrogens (tertiary/aromatic N) is 4. The number of piperidine rings is 1. The van der Waals surface area contributed by atoms with Crippen LogP contribution in [0.4, 0.5) is 5.69 Å². The first kappa shape index (κ1) is 20.8. The number of halogens is 1. The molecule has 28 heavy (non-hydrogen) atoms. The van der Waals surface area contributed by atoms with Gasteiger partial charge in [0.15, 0.2) is 0 Å². The zero-order chi connectivity index (χ0) is 19.2. The van der Waals surface area contributed by atoms with Gasteiger partial charge in [-0.2, -0.15) is 16.4 Å². The van der Waals surface area contributed by atoms with E-state index in [9.17, 15) is 14.9 Å². The number of hydrogen-bond acceptors (Lipinski definition) is 6. The van der Waals surface area contributed by atoms with Crippen LogP contribution in [0.1, 0.15) is 41.0 Å². The van der Waals surface area contributed by atoms with Crippen LogP contribution in [0.2, 0.25) is 0 Å². The van der Waals surface area contributed by atoms with Gasteiger partial charge in [-0.3, -0.25) is 19.6 Å². The first-order valence-electron chi connectivity index (χ1n) is 9.14. The molecule has 4 rings (SSSR count). The van der Waals surface area contributed by atoms with Crippen molar-refractivity contribution in [2.24, 2.45) is 12.5 Å². The van der Waals surface area contributed by atoms with Crippen molar-refractivity contribution in [3.8, 4) is 0 Å². The van der Waals surface area contributed by atoms with E-state index in [2.05, 4.69) is 10.4 Å². The molecule has 1 saturated carbocycles. The second-order valence-corrected chi connectivity index (χ2v) is 8.34. The monoisotopic (exact) mass is 425 g/mol. The van der Waals surface area contributed by atoms with Gasteiger partial charge in [0.25, 0.3) is 5.91 Å². The number of carbonyl (C=O) groups excluding carboxylic acids is 1. The van der Waals surface area contributed by atoms with Gasteiger partial charge in [-0.15, -0.1) is 12.4 Å². The van der Waals surface area contributed by atoms with Crippen molar-refractivity contribution in [2.75, 3.05) is 13.1 Å². The van der Waals surface area contributed by atoms with Crippen molar-refractivity contribution in [1.82, 2.24) is 20.0 Å². The van der Waals surface area contributed by atoms with E-state index in [-0.39, 0.29) is 46.8 Å². The van der Waals surface area contributed by atoms with E-state index in [4.69, 9.17) is 0 Å². The maximum Gasteiger partial charge on any atom is 0.322 e. The van der Waals surface area contributed by atoms with Crippen molar-refractivity contribution in [3.63, 3.8) is 0 Å². The van der Waals surface area contributed by atoms with Crippen LogP contribution in [-0.2, 0) is 13.6 Å². The lowest BCUT2D eigenvalue weighted by Crippen LogP contribution is -2.39. The van der Waals surface area contributed by atoms with Crippen molar-refractivity contribution in [2.45, 2.75) is 38.8 Å². The first-order chi connectivity index (χ1) is 12.9. The molecule has 0 aromatic carbocycles. The van der Waals surface area contributed by atoms with Gasteiger partial charge < -0.3 is 10.2 Å². The summed E-state index contributed by atoms with van der Waals surface area (Å²) >= 11 is 1.59. The minimum atomic E-state index is -0.495. The minimum Gasteiger partial charge on any atom is -0.329 e. The molecule has 1 aliphatic heterocycles. The Labute approximate surface area is 173 Å². The van der Waals surface area contributed by atoms with Crippen molar-refractivity contribution in [3.05, 3.63) is 43.9 Å². The Kier molecular flexibility index (Phi) is 5.79.